The third kappa shape index (κ3) is 2.40. The summed E-state index contributed by atoms with van der Waals surface area (Å²) in [6.45, 7) is 0. The number of nitrogens with two attached hydrogens (primary N) is 1. The van der Waals surface area contributed by atoms with Gasteiger partial charge in [0.15, 0.2) is 0 Å². The summed E-state index contributed by atoms with van der Waals surface area (Å²) in [5.41, 5.74) is 9.05. The Morgan fingerprint density at radius 2 is 1.91 bits per heavy atom. The summed E-state index contributed by atoms with van der Waals surface area (Å²) >= 11 is 0. The Bertz CT molecular complexity index is 947. The highest BCUT2D eigenvalue weighted by molar-refractivity contribution is 6.03. The van der Waals surface area contributed by atoms with E-state index in [-0.39, 0.29) is 0 Å². The van der Waals surface area contributed by atoms with Crippen molar-refractivity contribution in [3.05, 3.63) is 53.7 Å². The van der Waals surface area contributed by atoms with Crippen molar-refractivity contribution in [2.24, 2.45) is 12.8 Å². The molecule has 0 fully saturated rings. The molecule has 5 nitrogen and oxygen atoms in total. The molecule has 1 aromatic heterocycles. The Balaban J connectivity index is 2.33. The normalized spacial score (nSPS) is 10.5. The maximum Gasteiger partial charge on any atom is 0.265 e. The minimum atomic E-state index is -0.497. The fraction of sp³-hybridized carbons (Fsp3) is 0.111. The van der Waals surface area contributed by atoms with Crippen molar-refractivity contribution in [2.45, 2.75) is 0 Å². The second-order valence-corrected chi connectivity index (χ2v) is 5.25. The number of rotatable bonds is 3. The highest BCUT2D eigenvalue weighted by Crippen LogP contribution is 2.32. The van der Waals surface area contributed by atoms with Crippen molar-refractivity contribution in [3.63, 3.8) is 0 Å². The van der Waals surface area contributed by atoms with E-state index in [1.807, 2.05) is 30.3 Å². The van der Waals surface area contributed by atoms with Crippen LogP contribution in [0.1, 0.15) is 16.1 Å². The van der Waals surface area contributed by atoms with Crippen LogP contribution >= 0.6 is 0 Å². The van der Waals surface area contributed by atoms with Crippen LogP contribution in [0.5, 0.6) is 5.75 Å². The summed E-state index contributed by atoms with van der Waals surface area (Å²) < 4.78 is 6.94. The van der Waals surface area contributed by atoms with Crippen LogP contribution in [0, 0.1) is 11.3 Å². The highest BCUT2D eigenvalue weighted by Gasteiger charge is 2.15. The Morgan fingerprint density at radius 1 is 1.22 bits per heavy atom. The van der Waals surface area contributed by atoms with E-state index in [2.05, 4.69) is 6.07 Å². The number of carbonyl (C=O) groups excluding carboxylic acids is 1. The number of methoxy groups -OCH3 is 1. The smallest absolute Gasteiger partial charge is 0.265 e. The van der Waals surface area contributed by atoms with Gasteiger partial charge in [-0.2, -0.15) is 5.26 Å². The van der Waals surface area contributed by atoms with Gasteiger partial charge in [-0.3, -0.25) is 4.79 Å². The third-order valence-electron chi connectivity index (χ3n) is 3.91. The fourth-order valence-electron chi connectivity index (χ4n) is 2.80. The van der Waals surface area contributed by atoms with Gasteiger partial charge in [-0.1, -0.05) is 12.1 Å². The molecule has 0 aliphatic heterocycles. The summed E-state index contributed by atoms with van der Waals surface area (Å²) in [6.07, 6.45) is 0. The van der Waals surface area contributed by atoms with Crippen LogP contribution in [-0.2, 0) is 7.05 Å². The number of primary amides is 1. The number of nitrogens with zero attached hydrogens (tertiary/aromatic N) is 2. The van der Waals surface area contributed by atoms with Gasteiger partial charge in [0.05, 0.1) is 24.3 Å². The average molecular weight is 305 g/mol. The van der Waals surface area contributed by atoms with Crippen LogP contribution in [0.3, 0.4) is 0 Å². The van der Waals surface area contributed by atoms with Gasteiger partial charge >= 0.3 is 0 Å². The molecule has 114 valence electrons. The van der Waals surface area contributed by atoms with Crippen LogP contribution in [-0.4, -0.2) is 17.6 Å². The summed E-state index contributed by atoms with van der Waals surface area (Å²) in [7, 11) is 3.40. The number of ether oxygens (including phenoxy) is 1. The van der Waals surface area contributed by atoms with E-state index in [1.54, 1.807) is 30.9 Å². The molecule has 3 rings (SSSR count). The lowest BCUT2D eigenvalue weighted by atomic mass is 10.00. The summed E-state index contributed by atoms with van der Waals surface area (Å²) in [5.74, 6) is 0.258. The van der Waals surface area contributed by atoms with Crippen molar-refractivity contribution in [1.29, 1.82) is 5.26 Å². The SMILES string of the molecule is COc1ccc(-c2cc(C#N)cc3cc(C(N)=O)n(C)c23)cc1. The van der Waals surface area contributed by atoms with Crippen LogP contribution in [0.4, 0.5) is 0 Å². The second-order valence-electron chi connectivity index (χ2n) is 5.25. The van der Waals surface area contributed by atoms with Crippen molar-refractivity contribution in [2.75, 3.05) is 7.11 Å². The topological polar surface area (TPSA) is 81.0 Å². The molecule has 0 bridgehead atoms. The number of aromatic nitrogens is 1. The molecule has 0 unspecified atom stereocenters. The van der Waals surface area contributed by atoms with E-state index >= 15 is 0 Å². The first-order chi connectivity index (χ1) is 11.0. The van der Waals surface area contributed by atoms with E-state index < -0.39 is 5.91 Å². The minimum Gasteiger partial charge on any atom is -0.497 e. The minimum absolute atomic E-state index is 0.407. The Kier molecular flexibility index (Phi) is 3.51. The third-order valence-corrected chi connectivity index (χ3v) is 3.91. The van der Waals surface area contributed by atoms with Crippen molar-refractivity contribution >= 4 is 16.8 Å². The number of nitriles is 1. The van der Waals surface area contributed by atoms with Gasteiger partial charge in [-0.25, -0.2) is 0 Å². The number of amides is 1. The summed E-state index contributed by atoms with van der Waals surface area (Å²) in [4.78, 5) is 11.6. The van der Waals surface area contributed by atoms with E-state index in [0.717, 1.165) is 27.8 Å². The van der Waals surface area contributed by atoms with Gasteiger partial charge < -0.3 is 15.0 Å². The average Bonchev–Trinajstić information content (AvgIpc) is 2.91. The Labute approximate surface area is 133 Å². The second kappa shape index (κ2) is 5.50. The van der Waals surface area contributed by atoms with E-state index in [1.165, 1.54) is 0 Å². The first kappa shape index (κ1) is 14.7. The molecule has 1 amide bonds. The summed E-state index contributed by atoms with van der Waals surface area (Å²) in [6, 6.07) is 15.0. The monoisotopic (exact) mass is 305 g/mol. The van der Waals surface area contributed by atoms with Gasteiger partial charge in [-0.15, -0.1) is 0 Å². The van der Waals surface area contributed by atoms with Gasteiger partial charge in [0, 0.05) is 18.0 Å². The van der Waals surface area contributed by atoms with Gasteiger partial charge in [0.25, 0.3) is 5.91 Å². The number of carbonyl (C=O) groups is 1. The van der Waals surface area contributed by atoms with Gasteiger partial charge in [0.1, 0.15) is 11.4 Å². The largest absolute Gasteiger partial charge is 0.497 e. The zero-order valence-corrected chi connectivity index (χ0v) is 12.8. The first-order valence-electron chi connectivity index (χ1n) is 7.03. The molecule has 0 atom stereocenters. The van der Waals surface area contributed by atoms with Gasteiger partial charge in [0.2, 0.25) is 0 Å². The Hall–Kier alpha value is -3.26. The number of fused-ring (bicyclic) bond motifs is 1. The molecule has 3 aromatic rings. The molecule has 0 aliphatic carbocycles. The van der Waals surface area contributed by atoms with Crippen LogP contribution in [0.25, 0.3) is 22.0 Å². The molecule has 0 radical (unpaired) electrons. The molecule has 23 heavy (non-hydrogen) atoms. The molecule has 0 saturated carbocycles. The Morgan fingerprint density at radius 3 is 2.48 bits per heavy atom. The zero-order valence-electron chi connectivity index (χ0n) is 12.8. The van der Waals surface area contributed by atoms with Crippen molar-refractivity contribution < 1.29 is 9.53 Å². The molecular weight excluding hydrogens is 290 g/mol. The maximum atomic E-state index is 11.6. The molecular formula is C18H15N3O2. The molecule has 1 heterocycles. The van der Waals surface area contributed by atoms with E-state index in [4.69, 9.17) is 10.5 Å². The molecule has 2 N–H and O–H groups in total. The number of aryl methyl sites for hydroxylation is 1. The predicted octanol–water partition coefficient (Wildman–Crippen LogP) is 2.82. The number of benzene rings is 2. The molecule has 0 saturated heterocycles. The quantitative estimate of drug-likeness (QED) is 0.808. The number of hydrogen-bond donors (Lipinski definition) is 1. The van der Waals surface area contributed by atoms with Crippen LogP contribution < -0.4 is 10.5 Å². The molecule has 2 aromatic carbocycles. The summed E-state index contributed by atoms with van der Waals surface area (Å²) in [5, 5.41) is 10.1. The van der Waals surface area contributed by atoms with Crippen LogP contribution in [0.15, 0.2) is 42.5 Å². The number of hydrogen-bond acceptors (Lipinski definition) is 3. The first-order valence-corrected chi connectivity index (χ1v) is 7.03. The molecule has 0 aliphatic rings. The van der Waals surface area contributed by atoms with E-state index in [0.29, 0.717) is 11.3 Å². The standard InChI is InChI=1S/C18H15N3O2/c1-21-16(18(20)22)9-13-7-11(10-19)8-15(17(13)21)12-3-5-14(23-2)6-4-12/h3-9H,1-2H3,(H2,20,22). The van der Waals surface area contributed by atoms with Crippen LogP contribution in [0.2, 0.25) is 0 Å². The lowest BCUT2D eigenvalue weighted by Crippen LogP contribution is -2.14. The lowest BCUT2D eigenvalue weighted by Gasteiger charge is -2.09. The fourth-order valence-corrected chi connectivity index (χ4v) is 2.80. The zero-order chi connectivity index (χ0) is 16.6. The van der Waals surface area contributed by atoms with Crippen molar-refractivity contribution in [3.8, 4) is 22.9 Å². The molecule has 5 heteroatoms. The van der Waals surface area contributed by atoms with Gasteiger partial charge in [-0.05, 0) is 35.9 Å². The highest BCUT2D eigenvalue weighted by atomic mass is 16.5. The predicted molar refractivity (Wildman–Crippen MR) is 88.1 cm³/mol. The maximum absolute atomic E-state index is 11.6. The van der Waals surface area contributed by atoms with E-state index in [9.17, 15) is 10.1 Å². The molecule has 0 spiro atoms. The van der Waals surface area contributed by atoms with Crippen molar-refractivity contribution in [1.82, 2.24) is 4.57 Å². The lowest BCUT2D eigenvalue weighted by molar-refractivity contribution is 0.0993.